The highest BCUT2D eigenvalue weighted by molar-refractivity contribution is 7.89. The van der Waals surface area contributed by atoms with Crippen LogP contribution in [0, 0.1) is 20.8 Å². The number of rotatable bonds is 3. The van der Waals surface area contributed by atoms with E-state index < -0.39 is 10.0 Å². The molecule has 0 aliphatic carbocycles. The van der Waals surface area contributed by atoms with Crippen molar-refractivity contribution >= 4 is 37.4 Å². The van der Waals surface area contributed by atoms with Crippen LogP contribution in [0.1, 0.15) is 23.2 Å². The molecule has 126 valence electrons. The molecule has 3 heterocycles. The Morgan fingerprint density at radius 1 is 1.09 bits per heavy atom. The third kappa shape index (κ3) is 2.95. The highest BCUT2D eigenvalue weighted by Crippen LogP contribution is 2.35. The van der Waals surface area contributed by atoms with Crippen LogP contribution in [-0.2, 0) is 10.0 Å². The van der Waals surface area contributed by atoms with E-state index in [4.69, 9.17) is 0 Å². The molecule has 0 bridgehead atoms. The van der Waals surface area contributed by atoms with Gasteiger partial charge < -0.3 is 4.90 Å². The summed E-state index contributed by atoms with van der Waals surface area (Å²) in [4.78, 5) is 13.7. The number of hydrogen-bond donors (Lipinski definition) is 0. The van der Waals surface area contributed by atoms with E-state index in [-0.39, 0.29) is 5.75 Å². The van der Waals surface area contributed by atoms with Gasteiger partial charge in [-0.05, 0) is 33.3 Å². The van der Waals surface area contributed by atoms with E-state index in [9.17, 15) is 8.42 Å². The molecule has 2 aromatic rings. The Balaban J connectivity index is 1.94. The Bertz CT molecular complexity index is 837. The third-order valence-electron chi connectivity index (χ3n) is 4.42. The first-order valence-corrected chi connectivity index (χ1v) is 10.2. The lowest BCUT2D eigenvalue weighted by molar-refractivity contribution is 0.385. The number of piperazine rings is 1. The van der Waals surface area contributed by atoms with Crippen molar-refractivity contribution in [2.75, 3.05) is 36.8 Å². The van der Waals surface area contributed by atoms with E-state index in [0.29, 0.717) is 26.2 Å². The molecule has 0 saturated carbocycles. The minimum atomic E-state index is -3.11. The fourth-order valence-electron chi connectivity index (χ4n) is 2.92. The zero-order valence-corrected chi connectivity index (χ0v) is 15.6. The lowest BCUT2D eigenvalue weighted by Gasteiger charge is -2.35. The van der Waals surface area contributed by atoms with Crippen molar-refractivity contribution in [1.82, 2.24) is 14.3 Å². The zero-order valence-electron chi connectivity index (χ0n) is 14.0. The maximum Gasteiger partial charge on any atom is 0.213 e. The van der Waals surface area contributed by atoms with Crippen molar-refractivity contribution in [2.45, 2.75) is 27.7 Å². The quantitative estimate of drug-likeness (QED) is 0.844. The zero-order chi connectivity index (χ0) is 16.8. The van der Waals surface area contributed by atoms with Gasteiger partial charge in [-0.1, -0.05) is 0 Å². The monoisotopic (exact) mass is 354 g/mol. The van der Waals surface area contributed by atoms with Gasteiger partial charge in [0.2, 0.25) is 10.0 Å². The molecule has 1 saturated heterocycles. The summed E-state index contributed by atoms with van der Waals surface area (Å²) in [7, 11) is -3.11. The van der Waals surface area contributed by atoms with E-state index in [1.54, 1.807) is 22.6 Å². The van der Waals surface area contributed by atoms with Gasteiger partial charge in [-0.2, -0.15) is 4.31 Å². The van der Waals surface area contributed by atoms with Crippen molar-refractivity contribution in [2.24, 2.45) is 0 Å². The highest BCUT2D eigenvalue weighted by Gasteiger charge is 2.27. The molecule has 0 N–H and O–H groups in total. The molecule has 3 rings (SSSR count). The number of fused-ring (bicyclic) bond motifs is 1. The number of thiophene rings is 1. The molecule has 0 aromatic carbocycles. The van der Waals surface area contributed by atoms with Crippen molar-refractivity contribution < 1.29 is 8.42 Å². The Hall–Kier alpha value is -1.25. The van der Waals surface area contributed by atoms with Crippen LogP contribution >= 0.6 is 11.3 Å². The molecule has 8 heteroatoms. The van der Waals surface area contributed by atoms with Crippen LogP contribution in [-0.4, -0.2) is 54.6 Å². The average Bonchev–Trinajstić information content (AvgIpc) is 2.81. The summed E-state index contributed by atoms with van der Waals surface area (Å²) >= 11 is 1.70. The SMILES string of the molecule is CCS(=O)(=O)N1CCN(c2nc(C)nc3sc(C)c(C)c23)CC1. The van der Waals surface area contributed by atoms with Gasteiger partial charge in [0, 0.05) is 31.1 Å². The standard InChI is InChI=1S/C15H22N4O2S2/c1-5-23(20,21)19-8-6-18(7-9-19)14-13-10(2)11(3)22-15(13)17-12(4)16-14/h5-9H2,1-4H3. The average molecular weight is 355 g/mol. The first kappa shape index (κ1) is 16.6. The second-order valence-electron chi connectivity index (χ2n) is 5.84. The molecule has 1 aliphatic rings. The van der Waals surface area contributed by atoms with Crippen LogP contribution in [0.25, 0.3) is 10.2 Å². The van der Waals surface area contributed by atoms with E-state index >= 15 is 0 Å². The Labute approximate surface area is 141 Å². The van der Waals surface area contributed by atoms with Crippen molar-refractivity contribution in [1.29, 1.82) is 0 Å². The van der Waals surface area contributed by atoms with E-state index in [1.165, 1.54) is 10.4 Å². The number of aryl methyl sites for hydroxylation is 3. The van der Waals surface area contributed by atoms with Crippen molar-refractivity contribution in [3.05, 3.63) is 16.3 Å². The summed E-state index contributed by atoms with van der Waals surface area (Å²) in [6.45, 7) is 10.2. The largest absolute Gasteiger partial charge is 0.353 e. The van der Waals surface area contributed by atoms with Crippen LogP contribution in [0.2, 0.25) is 0 Å². The fourth-order valence-corrected chi connectivity index (χ4v) is 5.08. The minimum absolute atomic E-state index is 0.159. The van der Waals surface area contributed by atoms with Gasteiger partial charge in [0.25, 0.3) is 0 Å². The minimum Gasteiger partial charge on any atom is -0.353 e. The molecule has 23 heavy (non-hydrogen) atoms. The summed E-state index contributed by atoms with van der Waals surface area (Å²) in [6.07, 6.45) is 0. The Kier molecular flexibility index (Phi) is 4.33. The normalized spacial score (nSPS) is 17.1. The molecule has 6 nitrogen and oxygen atoms in total. The van der Waals surface area contributed by atoms with Crippen LogP contribution in [0.3, 0.4) is 0 Å². The number of nitrogens with zero attached hydrogens (tertiary/aromatic N) is 4. The molecular weight excluding hydrogens is 332 g/mol. The second-order valence-corrected chi connectivity index (χ2v) is 9.31. The molecule has 0 amide bonds. The van der Waals surface area contributed by atoms with Crippen LogP contribution in [0.4, 0.5) is 5.82 Å². The Morgan fingerprint density at radius 2 is 1.74 bits per heavy atom. The number of sulfonamides is 1. The Morgan fingerprint density at radius 3 is 2.35 bits per heavy atom. The van der Waals surface area contributed by atoms with E-state index in [2.05, 4.69) is 28.7 Å². The van der Waals surface area contributed by atoms with Crippen LogP contribution < -0.4 is 4.90 Å². The molecule has 0 radical (unpaired) electrons. The topological polar surface area (TPSA) is 66.4 Å². The van der Waals surface area contributed by atoms with Gasteiger partial charge in [0.1, 0.15) is 16.5 Å². The van der Waals surface area contributed by atoms with Crippen LogP contribution in [0.5, 0.6) is 0 Å². The highest BCUT2D eigenvalue weighted by atomic mass is 32.2. The second kappa shape index (κ2) is 5.99. The predicted molar refractivity (Wildman–Crippen MR) is 94.9 cm³/mol. The van der Waals surface area contributed by atoms with Gasteiger partial charge in [-0.15, -0.1) is 11.3 Å². The van der Waals surface area contributed by atoms with Gasteiger partial charge in [0.05, 0.1) is 11.1 Å². The van der Waals surface area contributed by atoms with Gasteiger partial charge in [0.15, 0.2) is 0 Å². The molecule has 2 aromatic heterocycles. The van der Waals surface area contributed by atoms with E-state index in [1.807, 2.05) is 6.92 Å². The lowest BCUT2D eigenvalue weighted by Crippen LogP contribution is -2.49. The summed E-state index contributed by atoms with van der Waals surface area (Å²) in [5.74, 6) is 1.87. The molecule has 0 spiro atoms. The van der Waals surface area contributed by atoms with Crippen molar-refractivity contribution in [3.63, 3.8) is 0 Å². The third-order valence-corrected chi connectivity index (χ3v) is 7.40. The first-order valence-electron chi connectivity index (χ1n) is 7.80. The molecular formula is C15H22N4O2S2. The smallest absolute Gasteiger partial charge is 0.213 e. The number of anilines is 1. The molecule has 0 unspecified atom stereocenters. The molecule has 0 atom stereocenters. The van der Waals surface area contributed by atoms with Gasteiger partial charge >= 0.3 is 0 Å². The summed E-state index contributed by atoms with van der Waals surface area (Å²) < 4.78 is 25.6. The number of hydrogen-bond acceptors (Lipinski definition) is 6. The summed E-state index contributed by atoms with van der Waals surface area (Å²) in [6, 6.07) is 0. The molecule has 1 fully saturated rings. The van der Waals surface area contributed by atoms with E-state index in [0.717, 1.165) is 21.9 Å². The summed E-state index contributed by atoms with van der Waals surface area (Å²) in [5.41, 5.74) is 1.23. The maximum atomic E-state index is 12.0. The van der Waals surface area contributed by atoms with Gasteiger partial charge in [-0.25, -0.2) is 18.4 Å². The predicted octanol–water partition coefficient (Wildman–Crippen LogP) is 2.09. The van der Waals surface area contributed by atoms with Gasteiger partial charge in [-0.3, -0.25) is 0 Å². The summed E-state index contributed by atoms with van der Waals surface area (Å²) in [5, 5.41) is 1.12. The lowest BCUT2D eigenvalue weighted by atomic mass is 10.2. The first-order chi connectivity index (χ1) is 10.8. The van der Waals surface area contributed by atoms with Crippen molar-refractivity contribution in [3.8, 4) is 0 Å². The number of aromatic nitrogens is 2. The maximum absolute atomic E-state index is 12.0. The fraction of sp³-hybridized carbons (Fsp3) is 0.600. The molecule has 1 aliphatic heterocycles. The van der Waals surface area contributed by atoms with Crippen LogP contribution in [0.15, 0.2) is 0 Å².